The Morgan fingerprint density at radius 1 is 1.28 bits per heavy atom. The minimum absolute atomic E-state index is 0.0679. The fraction of sp³-hybridized carbons (Fsp3) is 0.368. The summed E-state index contributed by atoms with van der Waals surface area (Å²) in [7, 11) is 1.72. The number of rotatable bonds is 6. The molecule has 132 valence electrons. The van der Waals surface area contributed by atoms with Crippen LogP contribution in [-0.4, -0.2) is 43.1 Å². The van der Waals surface area contributed by atoms with Crippen LogP contribution in [0.4, 0.5) is 11.5 Å². The van der Waals surface area contributed by atoms with E-state index in [0.29, 0.717) is 22.7 Å². The highest BCUT2D eigenvalue weighted by molar-refractivity contribution is 6.14. The van der Waals surface area contributed by atoms with Crippen LogP contribution in [0.5, 0.6) is 5.75 Å². The van der Waals surface area contributed by atoms with Crippen LogP contribution in [0.2, 0.25) is 0 Å². The van der Waals surface area contributed by atoms with Crippen molar-refractivity contribution in [2.75, 3.05) is 30.8 Å². The average molecular weight is 340 g/mol. The zero-order chi connectivity index (χ0) is 18.0. The average Bonchev–Trinajstić information content (AvgIpc) is 2.55. The predicted octanol–water partition coefficient (Wildman–Crippen LogP) is 2.70. The SMILES string of the molecule is COC1CN(c2cc(C(=N)c3cc(OC(C)C)ccc3N)ccn2)C1. The molecule has 25 heavy (non-hydrogen) atoms. The molecule has 0 unspecified atom stereocenters. The van der Waals surface area contributed by atoms with E-state index in [1.54, 1.807) is 19.4 Å². The summed E-state index contributed by atoms with van der Waals surface area (Å²) in [5.41, 5.74) is 8.45. The van der Waals surface area contributed by atoms with Crippen molar-refractivity contribution in [1.29, 1.82) is 5.41 Å². The zero-order valence-electron chi connectivity index (χ0n) is 14.8. The first-order valence-corrected chi connectivity index (χ1v) is 8.37. The maximum Gasteiger partial charge on any atom is 0.129 e. The Hall–Kier alpha value is -2.60. The van der Waals surface area contributed by atoms with Gasteiger partial charge in [-0.15, -0.1) is 0 Å². The first-order valence-electron chi connectivity index (χ1n) is 8.37. The largest absolute Gasteiger partial charge is 0.491 e. The molecule has 3 rings (SSSR count). The Kier molecular flexibility index (Phi) is 4.90. The molecule has 2 heterocycles. The number of benzene rings is 1. The number of nitrogen functional groups attached to an aromatic ring is 1. The first-order chi connectivity index (χ1) is 12.0. The number of pyridine rings is 1. The summed E-state index contributed by atoms with van der Waals surface area (Å²) >= 11 is 0. The van der Waals surface area contributed by atoms with Crippen molar-refractivity contribution in [1.82, 2.24) is 4.98 Å². The van der Waals surface area contributed by atoms with Crippen LogP contribution in [0.3, 0.4) is 0 Å². The van der Waals surface area contributed by atoms with Crippen molar-refractivity contribution in [2.45, 2.75) is 26.1 Å². The molecule has 1 fully saturated rings. The van der Waals surface area contributed by atoms with Crippen molar-refractivity contribution in [3.63, 3.8) is 0 Å². The Balaban J connectivity index is 1.83. The number of ether oxygens (including phenoxy) is 2. The van der Waals surface area contributed by atoms with E-state index >= 15 is 0 Å². The van der Waals surface area contributed by atoms with E-state index in [2.05, 4.69) is 9.88 Å². The lowest BCUT2D eigenvalue weighted by Crippen LogP contribution is -2.52. The number of aromatic nitrogens is 1. The van der Waals surface area contributed by atoms with E-state index < -0.39 is 0 Å². The van der Waals surface area contributed by atoms with Gasteiger partial charge in [0.15, 0.2) is 0 Å². The minimum atomic E-state index is 0.0679. The maximum atomic E-state index is 8.57. The lowest BCUT2D eigenvalue weighted by Gasteiger charge is -2.39. The van der Waals surface area contributed by atoms with Crippen molar-refractivity contribution >= 4 is 17.2 Å². The number of hydrogen-bond donors (Lipinski definition) is 2. The van der Waals surface area contributed by atoms with Crippen LogP contribution in [0.1, 0.15) is 25.0 Å². The fourth-order valence-electron chi connectivity index (χ4n) is 2.77. The molecule has 3 N–H and O–H groups in total. The molecule has 0 spiro atoms. The maximum absolute atomic E-state index is 8.57. The van der Waals surface area contributed by atoms with Gasteiger partial charge in [-0.05, 0) is 44.2 Å². The van der Waals surface area contributed by atoms with E-state index in [1.165, 1.54) is 0 Å². The van der Waals surface area contributed by atoms with Crippen molar-refractivity contribution < 1.29 is 9.47 Å². The molecule has 0 aliphatic carbocycles. The molecule has 1 aliphatic rings. The van der Waals surface area contributed by atoms with Crippen molar-refractivity contribution in [3.8, 4) is 5.75 Å². The monoisotopic (exact) mass is 340 g/mol. The molecule has 0 saturated carbocycles. The normalized spacial score (nSPS) is 14.5. The number of nitrogens with two attached hydrogens (primary N) is 1. The second kappa shape index (κ2) is 7.11. The summed E-state index contributed by atoms with van der Waals surface area (Å²) in [6.07, 6.45) is 2.05. The van der Waals surface area contributed by atoms with E-state index in [0.717, 1.165) is 24.5 Å². The van der Waals surface area contributed by atoms with Gasteiger partial charge in [0.1, 0.15) is 11.6 Å². The van der Waals surface area contributed by atoms with E-state index in [4.69, 9.17) is 20.6 Å². The standard InChI is InChI=1S/C19H24N4O2/c1-12(2)25-14-4-5-17(20)16(9-14)19(21)13-6-7-22-18(8-13)23-10-15(11-23)24-3/h4-9,12,15,21H,10-11,20H2,1-3H3. The Morgan fingerprint density at radius 2 is 2.04 bits per heavy atom. The summed E-state index contributed by atoms with van der Waals surface area (Å²) < 4.78 is 11.0. The Labute approximate surface area is 148 Å². The number of nitrogens with one attached hydrogen (secondary N) is 1. The third kappa shape index (κ3) is 3.74. The van der Waals surface area contributed by atoms with Gasteiger partial charge in [0.2, 0.25) is 0 Å². The molecule has 6 heteroatoms. The third-order valence-corrected chi connectivity index (χ3v) is 4.21. The molecule has 0 amide bonds. The van der Waals surface area contributed by atoms with Gasteiger partial charge < -0.3 is 20.1 Å². The van der Waals surface area contributed by atoms with Gasteiger partial charge in [-0.2, -0.15) is 0 Å². The molecule has 1 aromatic heterocycles. The summed E-state index contributed by atoms with van der Waals surface area (Å²) in [6, 6.07) is 9.18. The topological polar surface area (TPSA) is 84.5 Å². The zero-order valence-corrected chi connectivity index (χ0v) is 14.8. The molecule has 1 saturated heterocycles. The molecule has 6 nitrogen and oxygen atoms in total. The first kappa shape index (κ1) is 17.2. The summed E-state index contributed by atoms with van der Waals surface area (Å²) in [4.78, 5) is 6.53. The third-order valence-electron chi connectivity index (χ3n) is 4.21. The Morgan fingerprint density at radius 3 is 2.72 bits per heavy atom. The quantitative estimate of drug-likeness (QED) is 0.624. The van der Waals surface area contributed by atoms with Crippen molar-refractivity contribution in [3.05, 3.63) is 47.7 Å². The van der Waals surface area contributed by atoms with Crippen LogP contribution < -0.4 is 15.4 Å². The minimum Gasteiger partial charge on any atom is -0.491 e. The van der Waals surface area contributed by atoms with Crippen LogP contribution >= 0.6 is 0 Å². The van der Waals surface area contributed by atoms with Crippen molar-refractivity contribution in [2.24, 2.45) is 0 Å². The van der Waals surface area contributed by atoms with Gasteiger partial charge in [0.25, 0.3) is 0 Å². The second-order valence-corrected chi connectivity index (χ2v) is 6.46. The van der Waals surface area contributed by atoms with Crippen LogP contribution in [0.25, 0.3) is 0 Å². The van der Waals surface area contributed by atoms with Crippen LogP contribution in [-0.2, 0) is 4.74 Å². The molecule has 0 bridgehead atoms. The highest BCUT2D eigenvalue weighted by atomic mass is 16.5. The van der Waals surface area contributed by atoms with E-state index in [9.17, 15) is 0 Å². The highest BCUT2D eigenvalue weighted by Gasteiger charge is 2.27. The molecule has 1 aliphatic heterocycles. The fourth-order valence-corrected chi connectivity index (χ4v) is 2.77. The lowest BCUT2D eigenvalue weighted by molar-refractivity contribution is 0.0783. The summed E-state index contributed by atoms with van der Waals surface area (Å²) in [5.74, 6) is 1.56. The molecule has 1 aromatic carbocycles. The lowest BCUT2D eigenvalue weighted by atomic mass is 10.0. The van der Waals surface area contributed by atoms with Gasteiger partial charge in [-0.3, -0.25) is 5.41 Å². The number of anilines is 2. The molecule has 0 atom stereocenters. The molecular weight excluding hydrogens is 316 g/mol. The van der Waals surface area contributed by atoms with Gasteiger partial charge in [0.05, 0.1) is 17.9 Å². The highest BCUT2D eigenvalue weighted by Crippen LogP contribution is 2.26. The summed E-state index contributed by atoms with van der Waals surface area (Å²) in [6.45, 7) is 5.58. The molecule has 0 radical (unpaired) electrons. The van der Waals surface area contributed by atoms with Gasteiger partial charge in [0, 0.05) is 43.2 Å². The number of nitrogens with zero attached hydrogens (tertiary/aromatic N) is 2. The van der Waals surface area contributed by atoms with Gasteiger partial charge in [-0.1, -0.05) is 0 Å². The van der Waals surface area contributed by atoms with Gasteiger partial charge in [-0.25, -0.2) is 4.98 Å². The predicted molar refractivity (Wildman–Crippen MR) is 99.8 cm³/mol. The number of hydrogen-bond acceptors (Lipinski definition) is 6. The van der Waals surface area contributed by atoms with E-state index in [-0.39, 0.29) is 12.2 Å². The Bertz CT molecular complexity index is 770. The van der Waals surface area contributed by atoms with Crippen LogP contribution in [0.15, 0.2) is 36.5 Å². The van der Waals surface area contributed by atoms with Gasteiger partial charge >= 0.3 is 0 Å². The summed E-state index contributed by atoms with van der Waals surface area (Å²) in [5, 5.41) is 8.57. The molecular formula is C19H24N4O2. The van der Waals surface area contributed by atoms with E-state index in [1.807, 2.05) is 38.1 Å². The second-order valence-electron chi connectivity index (χ2n) is 6.46. The molecule has 2 aromatic rings. The number of methoxy groups -OCH3 is 1. The smallest absolute Gasteiger partial charge is 0.129 e. The van der Waals surface area contributed by atoms with Crippen LogP contribution in [0, 0.1) is 5.41 Å².